The highest BCUT2D eigenvalue weighted by Gasteiger charge is 2.55. The smallest absolute Gasteiger partial charge is 0.221 e. The molecular weight excluding hydrogens is 338 g/mol. The molecule has 0 spiro atoms. The summed E-state index contributed by atoms with van der Waals surface area (Å²) in [5.74, 6) is 1.22. The van der Waals surface area contributed by atoms with Crippen molar-refractivity contribution < 1.29 is 9.59 Å². The van der Waals surface area contributed by atoms with E-state index in [0.717, 1.165) is 22.4 Å². The number of allylic oxidation sites excluding steroid dienone is 4. The van der Waals surface area contributed by atoms with Crippen LogP contribution in [0.5, 0.6) is 0 Å². The minimum Gasteiger partial charge on any atom is -0.369 e. The number of halogens is 1. The van der Waals surface area contributed by atoms with E-state index in [0.29, 0.717) is 11.4 Å². The summed E-state index contributed by atoms with van der Waals surface area (Å²) in [5, 5.41) is 12.6. The number of carbonyl (C=O) groups excluding carboxylic acids is 2. The van der Waals surface area contributed by atoms with Gasteiger partial charge in [0.15, 0.2) is 5.94 Å². The van der Waals surface area contributed by atoms with Gasteiger partial charge in [-0.1, -0.05) is 30.7 Å². The van der Waals surface area contributed by atoms with Crippen LogP contribution in [0.1, 0.15) is 31.4 Å². The number of hydrogen-bond acceptors (Lipinski definition) is 4. The van der Waals surface area contributed by atoms with Gasteiger partial charge in [-0.05, 0) is 36.6 Å². The minimum absolute atomic E-state index is 0.126. The molecular formula is C19H16ClN3O2. The van der Waals surface area contributed by atoms with Crippen LogP contribution in [0.2, 0.25) is 5.02 Å². The van der Waals surface area contributed by atoms with Gasteiger partial charge in [-0.15, -0.1) is 0 Å². The third-order valence-electron chi connectivity index (χ3n) is 4.97. The van der Waals surface area contributed by atoms with E-state index in [1.807, 2.05) is 32.0 Å². The highest BCUT2D eigenvalue weighted by atomic mass is 35.5. The molecule has 3 rings (SSSR count). The predicted octanol–water partition coefficient (Wildman–Crippen LogP) is 2.60. The number of hydrogen-bond donors (Lipinski definition) is 2. The molecule has 1 heterocycles. The Kier molecular flexibility index (Phi) is 4.04. The Bertz CT molecular complexity index is 948. The van der Waals surface area contributed by atoms with E-state index in [9.17, 15) is 14.9 Å². The Labute approximate surface area is 150 Å². The number of rotatable bonds is 3. The summed E-state index contributed by atoms with van der Waals surface area (Å²) in [7, 11) is 0. The summed E-state index contributed by atoms with van der Waals surface area (Å²) in [6, 6.07) is 7.58. The summed E-state index contributed by atoms with van der Waals surface area (Å²) in [4.78, 5) is 22.4. The van der Waals surface area contributed by atoms with Gasteiger partial charge in [-0.3, -0.25) is 4.79 Å². The first kappa shape index (κ1) is 17.0. The average Bonchev–Trinajstić information content (AvgIpc) is 3.27. The first-order valence-corrected chi connectivity index (χ1v) is 8.14. The summed E-state index contributed by atoms with van der Waals surface area (Å²) in [6.45, 7) is 3.79. The molecule has 0 bridgehead atoms. The lowest BCUT2D eigenvalue weighted by Crippen LogP contribution is -2.20. The molecule has 1 fully saturated rings. The van der Waals surface area contributed by atoms with Gasteiger partial charge in [-0.25, -0.2) is 4.79 Å². The number of primary amides is 1. The molecule has 1 aliphatic heterocycles. The van der Waals surface area contributed by atoms with Crippen molar-refractivity contribution in [2.75, 3.05) is 0 Å². The zero-order valence-corrected chi connectivity index (χ0v) is 14.6. The van der Waals surface area contributed by atoms with Crippen molar-refractivity contribution in [2.45, 2.75) is 25.7 Å². The molecule has 2 aliphatic rings. The average molecular weight is 354 g/mol. The number of amides is 1. The lowest BCUT2D eigenvalue weighted by molar-refractivity contribution is -0.119. The molecule has 25 heavy (non-hydrogen) atoms. The largest absolute Gasteiger partial charge is 0.369 e. The SMILES string of the molecule is CC1=C(c2ccc(C3(C)CC3C(N)=O)c(Cl)c2)C=C(C#N)C(=C=O)N1. The highest BCUT2D eigenvalue weighted by molar-refractivity contribution is 6.31. The number of benzene rings is 1. The van der Waals surface area contributed by atoms with E-state index in [-0.39, 0.29) is 28.5 Å². The number of dihydropyridines is 1. The van der Waals surface area contributed by atoms with Gasteiger partial charge in [0.1, 0.15) is 11.8 Å². The molecule has 0 radical (unpaired) electrons. The summed E-state index contributed by atoms with van der Waals surface area (Å²) in [5.41, 5.74) is 8.65. The molecule has 6 heteroatoms. The third kappa shape index (κ3) is 2.76. The van der Waals surface area contributed by atoms with E-state index >= 15 is 0 Å². The molecule has 0 aromatic heterocycles. The normalized spacial score (nSPS) is 24.8. The van der Waals surface area contributed by atoms with Crippen LogP contribution in [-0.4, -0.2) is 11.8 Å². The maximum absolute atomic E-state index is 11.4. The molecule has 2 atom stereocenters. The van der Waals surface area contributed by atoms with Crippen LogP contribution in [0.25, 0.3) is 5.57 Å². The zero-order chi connectivity index (χ0) is 18.4. The van der Waals surface area contributed by atoms with E-state index in [2.05, 4.69) is 5.32 Å². The molecule has 5 nitrogen and oxygen atoms in total. The Balaban J connectivity index is 2.00. The van der Waals surface area contributed by atoms with Gasteiger partial charge >= 0.3 is 0 Å². The van der Waals surface area contributed by atoms with Crippen LogP contribution in [0.15, 0.2) is 41.2 Å². The lowest BCUT2D eigenvalue weighted by atomic mass is 9.91. The first-order valence-electron chi connectivity index (χ1n) is 7.76. The van der Waals surface area contributed by atoms with Crippen LogP contribution >= 0.6 is 11.6 Å². The Morgan fingerprint density at radius 3 is 2.72 bits per heavy atom. The fraction of sp³-hybridized carbons (Fsp3) is 0.263. The number of nitrogens with one attached hydrogen (secondary N) is 1. The second-order valence-electron chi connectivity index (χ2n) is 6.58. The second-order valence-corrected chi connectivity index (χ2v) is 6.99. The van der Waals surface area contributed by atoms with Crippen LogP contribution in [0.4, 0.5) is 0 Å². The topological polar surface area (TPSA) is 96.0 Å². The third-order valence-corrected chi connectivity index (χ3v) is 5.29. The van der Waals surface area contributed by atoms with Gasteiger partial charge in [-0.2, -0.15) is 5.26 Å². The Hall–Kier alpha value is -2.80. The molecule has 1 aromatic rings. The molecule has 1 amide bonds. The monoisotopic (exact) mass is 353 g/mol. The van der Waals surface area contributed by atoms with Crippen molar-refractivity contribution in [3.05, 3.63) is 57.4 Å². The van der Waals surface area contributed by atoms with Crippen molar-refractivity contribution in [3.8, 4) is 6.07 Å². The first-order chi connectivity index (χ1) is 11.8. The second kappa shape index (κ2) is 5.93. The molecule has 1 aliphatic carbocycles. The number of nitrogens with zero attached hydrogens (tertiary/aromatic N) is 1. The molecule has 126 valence electrons. The molecule has 2 unspecified atom stereocenters. The number of carbonyl (C=O) groups is 1. The van der Waals surface area contributed by atoms with Crippen LogP contribution in [0, 0.1) is 17.2 Å². The van der Waals surface area contributed by atoms with Crippen molar-refractivity contribution in [1.82, 2.24) is 5.32 Å². The summed E-state index contributed by atoms with van der Waals surface area (Å²) < 4.78 is 0. The van der Waals surface area contributed by atoms with Crippen LogP contribution < -0.4 is 11.1 Å². The zero-order valence-electron chi connectivity index (χ0n) is 13.8. The highest BCUT2D eigenvalue weighted by Crippen LogP contribution is 2.55. The summed E-state index contributed by atoms with van der Waals surface area (Å²) in [6.07, 6.45) is 2.33. The molecule has 1 saturated carbocycles. The molecule has 3 N–H and O–H groups in total. The van der Waals surface area contributed by atoms with Gasteiger partial charge in [0.2, 0.25) is 5.91 Å². The van der Waals surface area contributed by atoms with Crippen molar-refractivity contribution in [2.24, 2.45) is 11.7 Å². The maximum atomic E-state index is 11.4. The standard InChI is InChI=1S/C19H16ClN3O2/c1-10-13(5-12(8-21)17(9-24)23-10)11-3-4-14(16(20)6-11)19(2)7-15(19)18(22)25/h3-6,15,23H,7H2,1-2H3,(H2,22,25). The quantitative estimate of drug-likeness (QED) is 0.816. The van der Waals surface area contributed by atoms with Gasteiger partial charge in [0.05, 0.1) is 5.57 Å². The van der Waals surface area contributed by atoms with Crippen molar-refractivity contribution in [3.63, 3.8) is 0 Å². The maximum Gasteiger partial charge on any atom is 0.221 e. The van der Waals surface area contributed by atoms with E-state index in [4.69, 9.17) is 17.3 Å². The van der Waals surface area contributed by atoms with E-state index < -0.39 is 0 Å². The fourth-order valence-corrected chi connectivity index (χ4v) is 3.74. The van der Waals surface area contributed by atoms with Crippen molar-refractivity contribution >= 4 is 29.0 Å². The van der Waals surface area contributed by atoms with Crippen LogP contribution in [0.3, 0.4) is 0 Å². The minimum atomic E-state index is -0.323. The lowest BCUT2D eigenvalue weighted by Gasteiger charge is -2.19. The number of nitrogens with two attached hydrogens (primary N) is 1. The number of nitriles is 1. The predicted molar refractivity (Wildman–Crippen MR) is 94.7 cm³/mol. The van der Waals surface area contributed by atoms with E-state index in [1.54, 1.807) is 18.1 Å². The van der Waals surface area contributed by atoms with Crippen molar-refractivity contribution in [1.29, 1.82) is 5.26 Å². The van der Waals surface area contributed by atoms with Crippen LogP contribution in [-0.2, 0) is 15.0 Å². The molecule has 1 aromatic carbocycles. The fourth-order valence-electron chi connectivity index (χ4n) is 3.34. The molecule has 0 saturated heterocycles. The van der Waals surface area contributed by atoms with E-state index in [1.165, 1.54) is 0 Å². The Morgan fingerprint density at radius 2 is 2.20 bits per heavy atom. The van der Waals surface area contributed by atoms with Gasteiger partial charge in [0.25, 0.3) is 0 Å². The summed E-state index contributed by atoms with van der Waals surface area (Å²) >= 11 is 6.47. The Morgan fingerprint density at radius 1 is 1.48 bits per heavy atom. The van der Waals surface area contributed by atoms with Gasteiger partial charge in [0, 0.05) is 27.6 Å². The van der Waals surface area contributed by atoms with Gasteiger partial charge < -0.3 is 11.1 Å².